The number of carbonyl (C=O) groups excluding carboxylic acids is 3. The Kier molecular flexibility index (Phi) is 8.39. The van der Waals surface area contributed by atoms with Crippen LogP contribution in [0.4, 0.5) is 5.00 Å². The van der Waals surface area contributed by atoms with Crippen LogP contribution in [0.15, 0.2) is 64.9 Å². The van der Waals surface area contributed by atoms with E-state index in [0.717, 1.165) is 21.2 Å². The molecular formula is C24H24N2O7S2. The molecule has 0 radical (unpaired) electrons. The molecule has 11 heteroatoms. The van der Waals surface area contributed by atoms with Gasteiger partial charge in [0.1, 0.15) is 10.6 Å². The SMILES string of the molecule is CCOC(=O)c1c(-c2ccccc2)csc1NC(=O)COC(=O)c1ccc(S(=O)(=O)N(C)C)cc1. The Bertz CT molecular complexity index is 1320. The Morgan fingerprint density at radius 1 is 0.943 bits per heavy atom. The molecule has 35 heavy (non-hydrogen) atoms. The lowest BCUT2D eigenvalue weighted by Gasteiger charge is -2.11. The normalized spacial score (nSPS) is 11.2. The summed E-state index contributed by atoms with van der Waals surface area (Å²) in [6, 6.07) is 14.4. The van der Waals surface area contributed by atoms with Gasteiger partial charge in [-0.3, -0.25) is 4.79 Å². The minimum Gasteiger partial charge on any atom is -0.462 e. The first-order chi connectivity index (χ1) is 16.6. The number of ether oxygens (including phenoxy) is 2. The third-order valence-corrected chi connectivity index (χ3v) is 7.54. The second kappa shape index (κ2) is 11.3. The highest BCUT2D eigenvalue weighted by Gasteiger charge is 2.23. The van der Waals surface area contributed by atoms with Crippen molar-refractivity contribution in [1.29, 1.82) is 0 Å². The first kappa shape index (κ1) is 26.1. The maximum absolute atomic E-state index is 12.6. The number of carbonyl (C=O) groups is 3. The lowest BCUT2D eigenvalue weighted by molar-refractivity contribution is -0.119. The molecule has 0 aliphatic rings. The summed E-state index contributed by atoms with van der Waals surface area (Å²) in [4.78, 5) is 37.4. The van der Waals surface area contributed by atoms with Crippen molar-refractivity contribution in [3.8, 4) is 11.1 Å². The van der Waals surface area contributed by atoms with Crippen molar-refractivity contribution >= 4 is 44.2 Å². The van der Waals surface area contributed by atoms with E-state index < -0.39 is 34.5 Å². The molecule has 0 saturated heterocycles. The molecule has 3 aromatic rings. The maximum Gasteiger partial charge on any atom is 0.341 e. The minimum atomic E-state index is -3.63. The number of benzene rings is 2. The van der Waals surface area contributed by atoms with E-state index in [1.807, 2.05) is 30.3 Å². The van der Waals surface area contributed by atoms with Gasteiger partial charge in [-0.2, -0.15) is 0 Å². The summed E-state index contributed by atoms with van der Waals surface area (Å²) in [5.41, 5.74) is 1.72. The lowest BCUT2D eigenvalue weighted by Crippen LogP contribution is -2.23. The first-order valence-electron chi connectivity index (χ1n) is 10.5. The fraction of sp³-hybridized carbons (Fsp3) is 0.208. The van der Waals surface area contributed by atoms with Crippen LogP contribution < -0.4 is 5.32 Å². The lowest BCUT2D eigenvalue weighted by atomic mass is 10.0. The van der Waals surface area contributed by atoms with Crippen molar-refractivity contribution in [2.75, 3.05) is 32.6 Å². The van der Waals surface area contributed by atoms with Gasteiger partial charge in [-0.25, -0.2) is 22.3 Å². The van der Waals surface area contributed by atoms with E-state index in [1.54, 1.807) is 12.3 Å². The fourth-order valence-corrected chi connectivity index (χ4v) is 4.91. The molecule has 3 rings (SSSR count). The van der Waals surface area contributed by atoms with Crippen LogP contribution in [-0.4, -0.2) is 57.9 Å². The summed E-state index contributed by atoms with van der Waals surface area (Å²) in [5, 5.41) is 4.63. The van der Waals surface area contributed by atoms with Crippen molar-refractivity contribution in [2.45, 2.75) is 11.8 Å². The molecule has 1 aromatic heterocycles. The van der Waals surface area contributed by atoms with E-state index in [-0.39, 0.29) is 27.6 Å². The maximum atomic E-state index is 12.6. The molecule has 0 saturated carbocycles. The Labute approximate surface area is 207 Å². The summed E-state index contributed by atoms with van der Waals surface area (Å²) in [6.45, 7) is 1.26. The molecule has 0 bridgehead atoms. The molecule has 0 fully saturated rings. The number of esters is 2. The van der Waals surface area contributed by atoms with Gasteiger partial charge in [0.2, 0.25) is 10.0 Å². The Hall–Kier alpha value is -3.54. The van der Waals surface area contributed by atoms with Crippen LogP contribution in [0.1, 0.15) is 27.6 Å². The first-order valence-corrected chi connectivity index (χ1v) is 12.8. The molecule has 9 nitrogen and oxygen atoms in total. The van der Waals surface area contributed by atoms with Crippen molar-refractivity contribution in [2.24, 2.45) is 0 Å². The highest BCUT2D eigenvalue weighted by atomic mass is 32.2. The predicted octanol–water partition coefficient (Wildman–Crippen LogP) is 3.64. The number of thiophene rings is 1. The molecular weight excluding hydrogens is 492 g/mol. The Balaban J connectivity index is 1.69. The van der Waals surface area contributed by atoms with Gasteiger partial charge in [0.15, 0.2) is 6.61 Å². The summed E-state index contributed by atoms with van der Waals surface area (Å²) in [7, 11) is -0.827. The number of amides is 1. The van der Waals surface area contributed by atoms with Crippen LogP contribution in [0.5, 0.6) is 0 Å². The minimum absolute atomic E-state index is 0.0233. The molecule has 0 spiro atoms. The summed E-state index contributed by atoms with van der Waals surface area (Å²) >= 11 is 1.16. The zero-order valence-electron chi connectivity index (χ0n) is 19.3. The molecule has 1 N–H and O–H groups in total. The van der Waals surface area contributed by atoms with Gasteiger partial charge in [0.05, 0.1) is 17.1 Å². The van der Waals surface area contributed by atoms with Crippen molar-refractivity contribution in [3.63, 3.8) is 0 Å². The molecule has 2 aromatic carbocycles. The summed E-state index contributed by atoms with van der Waals surface area (Å²) in [5.74, 6) is -2.01. The van der Waals surface area contributed by atoms with E-state index in [2.05, 4.69) is 5.32 Å². The number of rotatable bonds is 9. The molecule has 0 atom stereocenters. The van der Waals surface area contributed by atoms with Crippen LogP contribution in [0.3, 0.4) is 0 Å². The van der Waals surface area contributed by atoms with Crippen LogP contribution >= 0.6 is 11.3 Å². The smallest absolute Gasteiger partial charge is 0.341 e. The summed E-state index contributed by atoms with van der Waals surface area (Å²) in [6.07, 6.45) is 0. The van der Waals surface area contributed by atoms with E-state index in [0.29, 0.717) is 5.56 Å². The number of nitrogens with zero attached hydrogens (tertiary/aromatic N) is 1. The highest BCUT2D eigenvalue weighted by Crippen LogP contribution is 2.36. The zero-order chi connectivity index (χ0) is 25.6. The average Bonchev–Trinajstić information content (AvgIpc) is 3.26. The van der Waals surface area contributed by atoms with E-state index in [4.69, 9.17) is 9.47 Å². The monoisotopic (exact) mass is 516 g/mol. The number of hydrogen-bond acceptors (Lipinski definition) is 8. The van der Waals surface area contributed by atoms with Gasteiger partial charge in [0.25, 0.3) is 5.91 Å². The number of hydrogen-bond donors (Lipinski definition) is 1. The fourth-order valence-electron chi connectivity index (χ4n) is 3.04. The van der Waals surface area contributed by atoms with Crippen molar-refractivity contribution in [3.05, 3.63) is 71.1 Å². The van der Waals surface area contributed by atoms with Gasteiger partial charge >= 0.3 is 11.9 Å². The van der Waals surface area contributed by atoms with Gasteiger partial charge in [-0.1, -0.05) is 30.3 Å². The van der Waals surface area contributed by atoms with Gasteiger partial charge in [-0.15, -0.1) is 11.3 Å². The molecule has 1 heterocycles. The van der Waals surface area contributed by atoms with E-state index >= 15 is 0 Å². The largest absolute Gasteiger partial charge is 0.462 e. The quantitative estimate of drug-likeness (QED) is 0.431. The van der Waals surface area contributed by atoms with Gasteiger partial charge in [-0.05, 0) is 36.8 Å². The third-order valence-electron chi connectivity index (χ3n) is 4.81. The number of sulfonamides is 1. The van der Waals surface area contributed by atoms with Gasteiger partial charge < -0.3 is 14.8 Å². The molecule has 0 aliphatic carbocycles. The van der Waals surface area contributed by atoms with Crippen LogP contribution in [0, 0.1) is 0 Å². The van der Waals surface area contributed by atoms with E-state index in [1.165, 1.54) is 38.4 Å². The topological polar surface area (TPSA) is 119 Å². The molecule has 0 aliphatic heterocycles. The third kappa shape index (κ3) is 6.13. The van der Waals surface area contributed by atoms with Gasteiger partial charge in [0, 0.05) is 25.0 Å². The van der Waals surface area contributed by atoms with Crippen LogP contribution in [0.25, 0.3) is 11.1 Å². The average molecular weight is 517 g/mol. The standard InChI is InChI=1S/C24H24N2O7S2/c1-4-32-24(29)21-19(16-8-6-5-7-9-16)15-34-22(21)25-20(27)14-33-23(28)17-10-12-18(13-11-17)35(30,31)26(2)3/h5-13,15H,4,14H2,1-3H3,(H,25,27). The molecule has 0 unspecified atom stereocenters. The van der Waals surface area contributed by atoms with Crippen LogP contribution in [-0.2, 0) is 24.3 Å². The van der Waals surface area contributed by atoms with Crippen molar-refractivity contribution in [1.82, 2.24) is 4.31 Å². The molecule has 1 amide bonds. The Morgan fingerprint density at radius 2 is 1.60 bits per heavy atom. The zero-order valence-corrected chi connectivity index (χ0v) is 20.9. The van der Waals surface area contributed by atoms with E-state index in [9.17, 15) is 22.8 Å². The van der Waals surface area contributed by atoms with Crippen LogP contribution in [0.2, 0.25) is 0 Å². The summed E-state index contributed by atoms with van der Waals surface area (Å²) < 4.78 is 35.5. The Morgan fingerprint density at radius 3 is 2.20 bits per heavy atom. The second-order valence-corrected chi connectivity index (χ2v) is 10.4. The molecule has 184 valence electrons. The van der Waals surface area contributed by atoms with Crippen molar-refractivity contribution < 1.29 is 32.3 Å². The number of nitrogens with one attached hydrogen (secondary N) is 1. The highest BCUT2D eigenvalue weighted by molar-refractivity contribution is 7.89. The second-order valence-electron chi connectivity index (χ2n) is 7.38. The predicted molar refractivity (Wildman–Crippen MR) is 132 cm³/mol. The number of anilines is 1.